The van der Waals surface area contributed by atoms with Crippen LogP contribution in [0.5, 0.6) is 11.5 Å². The van der Waals surface area contributed by atoms with Crippen molar-refractivity contribution in [3.8, 4) is 11.5 Å². The van der Waals surface area contributed by atoms with Crippen molar-refractivity contribution in [1.82, 2.24) is 0 Å². The van der Waals surface area contributed by atoms with Crippen LogP contribution in [-0.4, -0.2) is 13.2 Å². The molecule has 0 N–H and O–H groups in total. The lowest BCUT2D eigenvalue weighted by atomic mass is 9.75. The van der Waals surface area contributed by atoms with Gasteiger partial charge in [0, 0.05) is 28.4 Å². The highest BCUT2D eigenvalue weighted by molar-refractivity contribution is 5.97. The Morgan fingerprint density at radius 2 is 1.18 bits per heavy atom. The molecule has 5 aromatic rings. The average Bonchev–Trinajstić information content (AvgIpc) is 2.97. The Kier molecular flexibility index (Phi) is 4.59. The third kappa shape index (κ3) is 2.97. The summed E-state index contributed by atoms with van der Waals surface area (Å²) in [6.45, 7) is 3.31. The van der Waals surface area contributed by atoms with Gasteiger partial charge in [-0.25, -0.2) is 0 Å². The number of nitrogens with zero attached hydrogens (tertiary/aromatic N) is 2. The van der Waals surface area contributed by atoms with Gasteiger partial charge in [0.15, 0.2) is 11.5 Å². The van der Waals surface area contributed by atoms with Gasteiger partial charge in [0.25, 0.3) is 0 Å². The van der Waals surface area contributed by atoms with Crippen molar-refractivity contribution in [2.45, 2.75) is 12.8 Å². The Morgan fingerprint density at radius 3 is 1.89 bits per heavy atom. The van der Waals surface area contributed by atoms with Crippen LogP contribution < -0.4 is 19.3 Å². The topological polar surface area (TPSA) is 24.9 Å². The highest BCUT2D eigenvalue weighted by Gasteiger charge is 2.43. The van der Waals surface area contributed by atoms with Crippen molar-refractivity contribution < 1.29 is 9.47 Å². The Balaban J connectivity index is 1.51. The van der Waals surface area contributed by atoms with Crippen molar-refractivity contribution in [2.75, 3.05) is 23.0 Å². The minimum atomic E-state index is 0.0170. The van der Waals surface area contributed by atoms with Gasteiger partial charge in [0.1, 0.15) is 13.2 Å². The maximum absolute atomic E-state index is 6.40. The zero-order valence-corrected chi connectivity index (χ0v) is 21.1. The van der Waals surface area contributed by atoms with Crippen LogP contribution in [0.2, 0.25) is 0 Å². The predicted octanol–water partition coefficient (Wildman–Crippen LogP) is 8.51. The third-order valence-electron chi connectivity index (χ3n) is 7.82. The highest BCUT2D eigenvalue weighted by atomic mass is 16.6. The number of ether oxygens (including phenoxy) is 2. The SMILES string of the molecule is Cc1cc2c3c(c1)N(c1ccccc1)c1ccc4c(c1C3c1ccccc1N2c1ccccc1)OCCO4. The molecule has 0 radical (unpaired) electrons. The average molecular weight is 495 g/mol. The second-order valence-electron chi connectivity index (χ2n) is 10.1. The molecule has 4 nitrogen and oxygen atoms in total. The van der Waals surface area contributed by atoms with Gasteiger partial charge < -0.3 is 19.3 Å². The molecule has 4 heteroatoms. The van der Waals surface area contributed by atoms with Crippen molar-refractivity contribution in [3.05, 3.63) is 131 Å². The molecular weight excluding hydrogens is 468 g/mol. The molecule has 3 heterocycles. The first-order valence-corrected chi connectivity index (χ1v) is 13.2. The Morgan fingerprint density at radius 1 is 0.579 bits per heavy atom. The van der Waals surface area contributed by atoms with Crippen LogP contribution in [0.15, 0.2) is 109 Å². The van der Waals surface area contributed by atoms with E-state index in [1.54, 1.807) is 0 Å². The molecule has 0 saturated carbocycles. The quantitative estimate of drug-likeness (QED) is 0.240. The molecule has 0 spiro atoms. The van der Waals surface area contributed by atoms with Crippen LogP contribution in [0.25, 0.3) is 0 Å². The monoisotopic (exact) mass is 494 g/mol. The van der Waals surface area contributed by atoms with Crippen LogP contribution in [0.4, 0.5) is 34.1 Å². The molecule has 1 unspecified atom stereocenters. The summed E-state index contributed by atoms with van der Waals surface area (Å²) in [6, 6.07) is 39.0. The molecule has 0 bridgehead atoms. The predicted molar refractivity (Wildman–Crippen MR) is 152 cm³/mol. The molecule has 5 aromatic carbocycles. The summed E-state index contributed by atoms with van der Waals surface area (Å²) in [4.78, 5) is 4.81. The minimum absolute atomic E-state index is 0.0170. The molecule has 3 aliphatic rings. The second kappa shape index (κ2) is 8.15. The van der Waals surface area contributed by atoms with Crippen LogP contribution >= 0.6 is 0 Å². The lowest BCUT2D eigenvalue weighted by molar-refractivity contribution is 0.170. The Labute approximate surface area is 222 Å². The van der Waals surface area contributed by atoms with Gasteiger partial charge >= 0.3 is 0 Å². The lowest BCUT2D eigenvalue weighted by Crippen LogP contribution is -2.30. The first-order chi connectivity index (χ1) is 18.8. The molecule has 0 aliphatic carbocycles. The number of hydrogen-bond donors (Lipinski definition) is 0. The number of benzene rings is 5. The number of fused-ring (bicyclic) bond motifs is 6. The molecule has 3 aliphatic heterocycles. The molecule has 0 amide bonds. The van der Waals surface area contributed by atoms with Gasteiger partial charge in [-0.15, -0.1) is 0 Å². The standard InChI is InChI=1S/C34H26N2O2/c1-22-20-28-32-29(21-22)36(24-12-6-3-7-13-24)27-16-17-30-34(38-19-18-37-30)33(27)31(32)25-14-8-9-15-26(25)35(28)23-10-4-2-5-11-23/h2-17,20-21,31H,18-19H2,1H3. The lowest BCUT2D eigenvalue weighted by Gasteiger charge is -2.46. The maximum Gasteiger partial charge on any atom is 0.167 e. The van der Waals surface area contributed by atoms with E-state index < -0.39 is 0 Å². The molecule has 0 fully saturated rings. The van der Waals surface area contributed by atoms with E-state index in [4.69, 9.17) is 9.47 Å². The van der Waals surface area contributed by atoms with Crippen molar-refractivity contribution in [3.63, 3.8) is 0 Å². The summed E-state index contributed by atoms with van der Waals surface area (Å²) < 4.78 is 12.5. The zero-order chi connectivity index (χ0) is 25.2. The fraction of sp³-hybridized carbons (Fsp3) is 0.118. The third-order valence-corrected chi connectivity index (χ3v) is 7.82. The number of rotatable bonds is 2. The molecule has 0 saturated heterocycles. The van der Waals surface area contributed by atoms with Gasteiger partial charge in [0.05, 0.1) is 22.7 Å². The van der Waals surface area contributed by atoms with Gasteiger partial charge in [0.2, 0.25) is 0 Å². The van der Waals surface area contributed by atoms with E-state index in [0.29, 0.717) is 13.2 Å². The highest BCUT2D eigenvalue weighted by Crippen LogP contribution is 2.63. The number of hydrogen-bond acceptors (Lipinski definition) is 4. The number of para-hydroxylation sites is 3. The Bertz CT molecular complexity index is 1680. The molecular formula is C34H26N2O2. The zero-order valence-electron chi connectivity index (χ0n) is 21.1. The van der Waals surface area contributed by atoms with Crippen LogP contribution in [0.1, 0.15) is 28.2 Å². The molecule has 184 valence electrons. The summed E-state index contributed by atoms with van der Waals surface area (Å²) in [5, 5.41) is 0. The van der Waals surface area contributed by atoms with Crippen LogP contribution in [-0.2, 0) is 0 Å². The fourth-order valence-electron chi connectivity index (χ4n) is 6.39. The first-order valence-electron chi connectivity index (χ1n) is 13.2. The largest absolute Gasteiger partial charge is 0.486 e. The van der Waals surface area contributed by atoms with Gasteiger partial charge in [-0.2, -0.15) is 0 Å². The van der Waals surface area contributed by atoms with Crippen LogP contribution in [0.3, 0.4) is 0 Å². The molecule has 0 aromatic heterocycles. The molecule has 1 atom stereocenters. The van der Waals surface area contributed by atoms with Crippen LogP contribution in [0, 0.1) is 6.92 Å². The number of aryl methyl sites for hydroxylation is 1. The maximum atomic E-state index is 6.40. The molecule has 8 rings (SSSR count). The minimum Gasteiger partial charge on any atom is -0.486 e. The van der Waals surface area contributed by atoms with E-state index in [9.17, 15) is 0 Å². The van der Waals surface area contributed by atoms with Gasteiger partial charge in [-0.3, -0.25) is 0 Å². The summed E-state index contributed by atoms with van der Waals surface area (Å²) in [6.07, 6.45) is 0. The van der Waals surface area contributed by atoms with E-state index in [-0.39, 0.29) is 5.92 Å². The Hall–Kier alpha value is -4.70. The summed E-state index contributed by atoms with van der Waals surface area (Å²) in [7, 11) is 0. The van der Waals surface area contributed by atoms with Crippen molar-refractivity contribution in [2.24, 2.45) is 0 Å². The van der Waals surface area contributed by atoms with Crippen molar-refractivity contribution in [1.29, 1.82) is 0 Å². The normalized spacial score (nSPS) is 16.4. The van der Waals surface area contributed by atoms with Crippen molar-refractivity contribution >= 4 is 34.1 Å². The summed E-state index contributed by atoms with van der Waals surface area (Å²) in [5.74, 6) is 1.70. The number of anilines is 6. The van der Waals surface area contributed by atoms with E-state index in [1.165, 1.54) is 39.3 Å². The van der Waals surface area contributed by atoms with E-state index in [2.05, 4.69) is 126 Å². The summed E-state index contributed by atoms with van der Waals surface area (Å²) >= 11 is 0. The van der Waals surface area contributed by atoms with E-state index >= 15 is 0 Å². The fourth-order valence-corrected chi connectivity index (χ4v) is 6.39. The summed E-state index contributed by atoms with van der Waals surface area (Å²) in [5.41, 5.74) is 12.0. The van der Waals surface area contributed by atoms with Gasteiger partial charge in [-0.1, -0.05) is 54.6 Å². The second-order valence-corrected chi connectivity index (χ2v) is 10.1. The molecule has 38 heavy (non-hydrogen) atoms. The first kappa shape index (κ1) is 21.4. The van der Waals surface area contributed by atoms with Gasteiger partial charge in [-0.05, 0) is 72.6 Å². The smallest absolute Gasteiger partial charge is 0.167 e. The van der Waals surface area contributed by atoms with E-state index in [1.807, 2.05) is 0 Å². The van der Waals surface area contributed by atoms with E-state index in [0.717, 1.165) is 28.6 Å².